The summed E-state index contributed by atoms with van der Waals surface area (Å²) in [6, 6.07) is 16.3. The Morgan fingerprint density at radius 3 is 2.48 bits per heavy atom. The van der Waals surface area contributed by atoms with E-state index in [0.29, 0.717) is 18.0 Å². The topological polar surface area (TPSA) is 61.8 Å². The van der Waals surface area contributed by atoms with E-state index >= 15 is 0 Å². The maximum Gasteiger partial charge on any atom is 0.246 e. The van der Waals surface area contributed by atoms with E-state index in [0.717, 1.165) is 5.56 Å². The molecule has 2 N–H and O–H groups in total. The van der Waals surface area contributed by atoms with Gasteiger partial charge in [0.05, 0.1) is 12.7 Å². The van der Waals surface area contributed by atoms with Crippen LogP contribution in [0.5, 0.6) is 5.75 Å². The molecule has 134 valence electrons. The Balaban J connectivity index is 2.26. The molecule has 0 saturated carbocycles. The van der Waals surface area contributed by atoms with E-state index in [2.05, 4.69) is 5.32 Å². The molecule has 0 bridgehead atoms. The zero-order chi connectivity index (χ0) is 18.4. The predicted octanol–water partition coefficient (Wildman–Crippen LogP) is 3.08. The number of carbonyl (C=O) groups is 1. The lowest BCUT2D eigenvalue weighted by Crippen LogP contribution is -2.42. The largest absolute Gasteiger partial charge is 0.497 e. The van der Waals surface area contributed by atoms with Crippen molar-refractivity contribution in [2.75, 3.05) is 26.0 Å². The molecule has 5 nitrogen and oxygen atoms in total. The molecule has 1 atom stereocenters. The van der Waals surface area contributed by atoms with Gasteiger partial charge < -0.3 is 15.2 Å². The average molecular weight is 342 g/mol. The molecule has 0 heterocycles. The standard InChI is InChI=1S/C20H26N2O3/c1-20(2,24)14-22(3)18(15-9-6-5-7-10-15)19(23)21-16-11-8-12-17(13-16)25-4/h5-13,18,24H,14H2,1-4H3,(H,21,23). The van der Waals surface area contributed by atoms with E-state index in [1.165, 1.54) is 0 Å². The SMILES string of the molecule is COc1cccc(NC(=O)C(c2ccccc2)N(C)CC(C)(C)O)c1. The van der Waals surface area contributed by atoms with Gasteiger partial charge in [-0.25, -0.2) is 0 Å². The second-order valence-electron chi connectivity index (χ2n) is 6.76. The van der Waals surface area contributed by atoms with Crippen molar-refractivity contribution in [2.45, 2.75) is 25.5 Å². The lowest BCUT2D eigenvalue weighted by atomic mass is 10.0. The molecule has 1 amide bonds. The Hall–Kier alpha value is -2.37. The highest BCUT2D eigenvalue weighted by atomic mass is 16.5. The molecule has 2 rings (SSSR count). The van der Waals surface area contributed by atoms with E-state index in [9.17, 15) is 9.90 Å². The minimum absolute atomic E-state index is 0.161. The van der Waals surface area contributed by atoms with E-state index in [1.54, 1.807) is 27.0 Å². The number of nitrogens with zero attached hydrogens (tertiary/aromatic N) is 1. The quantitative estimate of drug-likeness (QED) is 0.812. The molecule has 5 heteroatoms. The van der Waals surface area contributed by atoms with Crippen molar-refractivity contribution in [3.8, 4) is 5.75 Å². The van der Waals surface area contributed by atoms with Gasteiger partial charge in [-0.2, -0.15) is 0 Å². The number of carbonyl (C=O) groups excluding carboxylic acids is 1. The first-order valence-electron chi connectivity index (χ1n) is 8.22. The van der Waals surface area contributed by atoms with Gasteiger partial charge >= 0.3 is 0 Å². The summed E-state index contributed by atoms with van der Waals surface area (Å²) in [5.74, 6) is 0.519. The van der Waals surface area contributed by atoms with Gasteiger partial charge in [-0.15, -0.1) is 0 Å². The van der Waals surface area contributed by atoms with Crippen LogP contribution in [0, 0.1) is 0 Å². The lowest BCUT2D eigenvalue weighted by molar-refractivity contribution is -0.122. The fourth-order valence-corrected chi connectivity index (χ4v) is 2.85. The molecule has 0 aliphatic heterocycles. The van der Waals surface area contributed by atoms with Crippen molar-refractivity contribution >= 4 is 11.6 Å². The van der Waals surface area contributed by atoms with Crippen LogP contribution in [0.4, 0.5) is 5.69 Å². The minimum atomic E-state index is -0.905. The summed E-state index contributed by atoms with van der Waals surface area (Å²) < 4.78 is 5.20. The van der Waals surface area contributed by atoms with E-state index in [1.807, 2.05) is 60.5 Å². The summed E-state index contributed by atoms with van der Waals surface area (Å²) >= 11 is 0. The van der Waals surface area contributed by atoms with Gasteiger partial charge in [0.2, 0.25) is 5.91 Å². The molecule has 0 spiro atoms. The van der Waals surface area contributed by atoms with E-state index in [-0.39, 0.29) is 5.91 Å². The molecule has 0 aliphatic carbocycles. The zero-order valence-electron chi connectivity index (χ0n) is 15.2. The maximum atomic E-state index is 13.0. The number of hydrogen-bond acceptors (Lipinski definition) is 4. The van der Waals surface area contributed by atoms with Crippen molar-refractivity contribution in [2.24, 2.45) is 0 Å². The second-order valence-corrected chi connectivity index (χ2v) is 6.76. The lowest BCUT2D eigenvalue weighted by Gasteiger charge is -2.32. The number of methoxy groups -OCH3 is 1. The van der Waals surface area contributed by atoms with Gasteiger partial charge in [0, 0.05) is 18.3 Å². The van der Waals surface area contributed by atoms with Gasteiger partial charge in [-0.1, -0.05) is 36.4 Å². The summed E-state index contributed by atoms with van der Waals surface area (Å²) in [7, 11) is 3.42. The highest BCUT2D eigenvalue weighted by Gasteiger charge is 2.28. The summed E-state index contributed by atoms with van der Waals surface area (Å²) in [5, 5.41) is 13.1. The molecular formula is C20H26N2O3. The predicted molar refractivity (Wildman–Crippen MR) is 99.7 cm³/mol. The Morgan fingerprint density at radius 1 is 1.20 bits per heavy atom. The molecule has 1 unspecified atom stereocenters. The summed E-state index contributed by atoms with van der Waals surface area (Å²) in [4.78, 5) is 14.8. The van der Waals surface area contributed by atoms with Gasteiger partial charge in [-0.05, 0) is 38.6 Å². The van der Waals surface area contributed by atoms with Crippen LogP contribution in [0.2, 0.25) is 0 Å². The number of ether oxygens (including phenoxy) is 1. The number of amides is 1. The molecule has 2 aromatic carbocycles. The molecule has 0 aliphatic rings. The first-order valence-corrected chi connectivity index (χ1v) is 8.22. The van der Waals surface area contributed by atoms with Gasteiger partial charge in [0.15, 0.2) is 0 Å². The molecule has 0 radical (unpaired) electrons. The number of benzene rings is 2. The minimum Gasteiger partial charge on any atom is -0.497 e. The van der Waals surface area contributed by atoms with Crippen molar-refractivity contribution in [3.63, 3.8) is 0 Å². The van der Waals surface area contributed by atoms with Crippen LogP contribution < -0.4 is 10.1 Å². The summed E-state index contributed by atoms with van der Waals surface area (Å²) in [6.07, 6.45) is 0. The fourth-order valence-electron chi connectivity index (χ4n) is 2.85. The number of anilines is 1. The zero-order valence-corrected chi connectivity index (χ0v) is 15.2. The number of aliphatic hydroxyl groups is 1. The first-order chi connectivity index (χ1) is 11.8. The first kappa shape index (κ1) is 19.0. The Kier molecular flexibility index (Phi) is 6.17. The summed E-state index contributed by atoms with van der Waals surface area (Å²) in [6.45, 7) is 3.81. The van der Waals surface area contributed by atoms with Crippen molar-refractivity contribution in [1.29, 1.82) is 0 Å². The van der Waals surface area contributed by atoms with Crippen LogP contribution in [0.25, 0.3) is 0 Å². The maximum absolute atomic E-state index is 13.0. The second kappa shape index (κ2) is 8.14. The smallest absolute Gasteiger partial charge is 0.246 e. The fraction of sp³-hybridized carbons (Fsp3) is 0.350. The van der Waals surface area contributed by atoms with E-state index < -0.39 is 11.6 Å². The highest BCUT2D eigenvalue weighted by Crippen LogP contribution is 2.24. The molecule has 0 fully saturated rings. The Morgan fingerprint density at radius 2 is 1.88 bits per heavy atom. The number of nitrogens with one attached hydrogen (secondary N) is 1. The van der Waals surface area contributed by atoms with Gasteiger partial charge in [-0.3, -0.25) is 9.69 Å². The molecule has 25 heavy (non-hydrogen) atoms. The van der Waals surface area contributed by atoms with Gasteiger partial charge in [0.25, 0.3) is 0 Å². The van der Waals surface area contributed by atoms with Crippen LogP contribution in [-0.2, 0) is 4.79 Å². The van der Waals surface area contributed by atoms with Crippen LogP contribution in [0.3, 0.4) is 0 Å². The average Bonchev–Trinajstić information content (AvgIpc) is 2.54. The molecule has 0 aromatic heterocycles. The Bertz CT molecular complexity index is 696. The van der Waals surface area contributed by atoms with Crippen molar-refractivity contribution in [3.05, 3.63) is 60.2 Å². The molecule has 0 saturated heterocycles. The van der Waals surface area contributed by atoms with Crippen LogP contribution in [0.15, 0.2) is 54.6 Å². The van der Waals surface area contributed by atoms with Crippen LogP contribution >= 0.6 is 0 Å². The third-order valence-corrected chi connectivity index (χ3v) is 3.78. The third kappa shape index (κ3) is 5.59. The number of rotatable bonds is 7. The van der Waals surface area contributed by atoms with Crippen LogP contribution in [0.1, 0.15) is 25.5 Å². The highest BCUT2D eigenvalue weighted by molar-refractivity contribution is 5.95. The van der Waals surface area contributed by atoms with Crippen LogP contribution in [-0.4, -0.2) is 42.2 Å². The third-order valence-electron chi connectivity index (χ3n) is 3.78. The number of hydrogen-bond donors (Lipinski definition) is 2. The number of likely N-dealkylation sites (N-methyl/N-ethyl adjacent to an activating group) is 1. The molecular weight excluding hydrogens is 316 g/mol. The monoisotopic (exact) mass is 342 g/mol. The normalized spacial score (nSPS) is 12.7. The van der Waals surface area contributed by atoms with Crippen molar-refractivity contribution < 1.29 is 14.6 Å². The molecule has 2 aromatic rings. The summed E-state index contributed by atoms with van der Waals surface area (Å²) in [5.41, 5.74) is 0.634. The Labute approximate surface area is 149 Å². The van der Waals surface area contributed by atoms with E-state index in [4.69, 9.17) is 4.74 Å². The van der Waals surface area contributed by atoms with Crippen molar-refractivity contribution in [1.82, 2.24) is 4.90 Å². The van der Waals surface area contributed by atoms with Gasteiger partial charge in [0.1, 0.15) is 11.8 Å².